The van der Waals surface area contributed by atoms with Gasteiger partial charge in [-0.25, -0.2) is 4.39 Å². The molecule has 0 fully saturated rings. The molecule has 0 saturated carbocycles. The molecule has 0 aromatic rings. The van der Waals surface area contributed by atoms with E-state index in [1.54, 1.807) is 6.92 Å². The standard InChI is InChI=1S/C7H17FN2/c1-4-6(8)7(9)5-10(2)3/h6-7H,4-5,9H2,1-3H3. The van der Waals surface area contributed by atoms with Gasteiger partial charge in [-0.2, -0.15) is 0 Å². The lowest BCUT2D eigenvalue weighted by Crippen LogP contribution is -2.40. The van der Waals surface area contributed by atoms with Crippen LogP contribution in [0.1, 0.15) is 13.3 Å². The number of hydrogen-bond donors (Lipinski definition) is 1. The van der Waals surface area contributed by atoms with Gasteiger partial charge in [0.2, 0.25) is 0 Å². The first kappa shape index (κ1) is 9.85. The van der Waals surface area contributed by atoms with E-state index in [9.17, 15) is 4.39 Å². The SMILES string of the molecule is CCC(F)C(N)CN(C)C. The minimum absolute atomic E-state index is 0.333. The highest BCUT2D eigenvalue weighted by Gasteiger charge is 2.14. The summed E-state index contributed by atoms with van der Waals surface area (Å²) < 4.78 is 12.7. The van der Waals surface area contributed by atoms with E-state index >= 15 is 0 Å². The number of nitrogens with two attached hydrogens (primary N) is 1. The number of rotatable bonds is 4. The number of nitrogens with zero attached hydrogens (tertiary/aromatic N) is 1. The Hall–Kier alpha value is -0.150. The van der Waals surface area contributed by atoms with Crippen LogP contribution < -0.4 is 5.73 Å². The highest BCUT2D eigenvalue weighted by Crippen LogP contribution is 2.01. The maximum atomic E-state index is 12.7. The molecule has 2 N–H and O–H groups in total. The van der Waals surface area contributed by atoms with Crippen molar-refractivity contribution in [2.45, 2.75) is 25.6 Å². The van der Waals surface area contributed by atoms with Gasteiger partial charge < -0.3 is 10.6 Å². The van der Waals surface area contributed by atoms with Gasteiger partial charge in [-0.1, -0.05) is 6.92 Å². The summed E-state index contributed by atoms with van der Waals surface area (Å²) in [6.45, 7) is 2.43. The Balaban J connectivity index is 3.50. The Morgan fingerprint density at radius 2 is 2.00 bits per heavy atom. The van der Waals surface area contributed by atoms with Crippen LogP contribution in [-0.2, 0) is 0 Å². The molecule has 10 heavy (non-hydrogen) atoms. The first-order chi connectivity index (χ1) is 4.57. The second-order valence-corrected chi connectivity index (χ2v) is 2.85. The molecule has 3 heteroatoms. The minimum Gasteiger partial charge on any atom is -0.324 e. The van der Waals surface area contributed by atoms with E-state index in [0.717, 1.165) is 0 Å². The summed E-state index contributed by atoms with van der Waals surface area (Å²) >= 11 is 0. The maximum absolute atomic E-state index is 12.7. The van der Waals surface area contributed by atoms with Crippen molar-refractivity contribution in [3.05, 3.63) is 0 Å². The summed E-state index contributed by atoms with van der Waals surface area (Å²) in [6.07, 6.45) is -0.350. The normalized spacial score (nSPS) is 17.4. The van der Waals surface area contributed by atoms with Gasteiger partial charge >= 0.3 is 0 Å². The largest absolute Gasteiger partial charge is 0.324 e. The van der Waals surface area contributed by atoms with Crippen molar-refractivity contribution in [2.24, 2.45) is 5.73 Å². The van der Waals surface area contributed by atoms with E-state index in [4.69, 9.17) is 5.73 Å². The lowest BCUT2D eigenvalue weighted by molar-refractivity contribution is 0.233. The first-order valence-corrected chi connectivity index (χ1v) is 3.62. The first-order valence-electron chi connectivity index (χ1n) is 3.62. The van der Waals surface area contributed by atoms with E-state index in [2.05, 4.69) is 0 Å². The molecule has 0 aromatic heterocycles. The van der Waals surface area contributed by atoms with E-state index in [-0.39, 0.29) is 6.04 Å². The Morgan fingerprint density at radius 1 is 1.50 bits per heavy atom. The predicted molar refractivity (Wildman–Crippen MR) is 41.7 cm³/mol. The van der Waals surface area contributed by atoms with Gasteiger partial charge in [0.15, 0.2) is 0 Å². The Kier molecular flexibility index (Phi) is 4.56. The zero-order valence-corrected chi connectivity index (χ0v) is 6.97. The van der Waals surface area contributed by atoms with Gasteiger partial charge in [0.1, 0.15) is 6.17 Å². The number of halogens is 1. The molecule has 0 aliphatic rings. The predicted octanol–water partition coefficient (Wildman–Crippen LogP) is 0.623. The van der Waals surface area contributed by atoms with Crippen LogP contribution in [0.4, 0.5) is 4.39 Å². The van der Waals surface area contributed by atoms with Crippen molar-refractivity contribution in [1.82, 2.24) is 4.90 Å². The van der Waals surface area contributed by atoms with Crippen LogP contribution in [0.25, 0.3) is 0 Å². The maximum Gasteiger partial charge on any atom is 0.116 e. The second-order valence-electron chi connectivity index (χ2n) is 2.85. The quantitative estimate of drug-likeness (QED) is 0.633. The summed E-state index contributed by atoms with van der Waals surface area (Å²) in [4.78, 5) is 1.90. The van der Waals surface area contributed by atoms with E-state index in [1.165, 1.54) is 0 Å². The zero-order valence-electron chi connectivity index (χ0n) is 6.97. The molecular weight excluding hydrogens is 131 g/mol. The highest BCUT2D eigenvalue weighted by atomic mass is 19.1. The van der Waals surface area contributed by atoms with Gasteiger partial charge in [0, 0.05) is 12.6 Å². The molecule has 2 atom stereocenters. The van der Waals surface area contributed by atoms with E-state index in [0.29, 0.717) is 13.0 Å². The fraction of sp³-hybridized carbons (Fsp3) is 1.00. The highest BCUT2D eigenvalue weighted by molar-refractivity contribution is 4.72. The molecule has 2 nitrogen and oxygen atoms in total. The number of likely N-dealkylation sites (N-methyl/N-ethyl adjacent to an activating group) is 1. The van der Waals surface area contributed by atoms with Gasteiger partial charge in [-0.3, -0.25) is 0 Å². The third-order valence-corrected chi connectivity index (χ3v) is 1.43. The molecule has 0 bridgehead atoms. The molecule has 0 heterocycles. The lowest BCUT2D eigenvalue weighted by atomic mass is 10.1. The minimum atomic E-state index is -0.859. The van der Waals surface area contributed by atoms with Crippen molar-refractivity contribution in [3.8, 4) is 0 Å². The van der Waals surface area contributed by atoms with Gasteiger partial charge in [0.05, 0.1) is 0 Å². The van der Waals surface area contributed by atoms with Crippen LogP contribution >= 0.6 is 0 Å². The molecule has 0 aromatic carbocycles. The Morgan fingerprint density at radius 3 is 2.30 bits per heavy atom. The summed E-state index contributed by atoms with van der Waals surface area (Å²) in [5, 5.41) is 0. The zero-order chi connectivity index (χ0) is 8.15. The van der Waals surface area contributed by atoms with Crippen LogP contribution in [0.3, 0.4) is 0 Å². The fourth-order valence-electron chi connectivity index (χ4n) is 0.839. The van der Waals surface area contributed by atoms with Crippen molar-refractivity contribution in [2.75, 3.05) is 20.6 Å². The van der Waals surface area contributed by atoms with Crippen molar-refractivity contribution in [3.63, 3.8) is 0 Å². The third kappa shape index (κ3) is 3.80. The second kappa shape index (κ2) is 4.63. The molecule has 0 aliphatic heterocycles. The topological polar surface area (TPSA) is 29.3 Å². The summed E-state index contributed by atoms with van der Waals surface area (Å²) in [5.74, 6) is 0. The van der Waals surface area contributed by atoms with Crippen LogP contribution in [0, 0.1) is 0 Å². The number of hydrogen-bond acceptors (Lipinski definition) is 2. The van der Waals surface area contributed by atoms with Crippen molar-refractivity contribution in [1.29, 1.82) is 0 Å². The number of alkyl halides is 1. The fourth-order valence-corrected chi connectivity index (χ4v) is 0.839. The summed E-state index contributed by atoms with van der Waals surface area (Å²) in [6, 6.07) is -0.333. The monoisotopic (exact) mass is 148 g/mol. The average molecular weight is 148 g/mol. The smallest absolute Gasteiger partial charge is 0.116 e. The van der Waals surface area contributed by atoms with Crippen LogP contribution in [0.5, 0.6) is 0 Å². The molecule has 0 rings (SSSR count). The van der Waals surface area contributed by atoms with Gasteiger partial charge in [-0.05, 0) is 20.5 Å². The Labute approximate surface area is 62.2 Å². The van der Waals surface area contributed by atoms with Crippen LogP contribution in [0.2, 0.25) is 0 Å². The molecule has 2 unspecified atom stereocenters. The van der Waals surface area contributed by atoms with Crippen molar-refractivity contribution < 1.29 is 4.39 Å². The van der Waals surface area contributed by atoms with Crippen molar-refractivity contribution >= 4 is 0 Å². The van der Waals surface area contributed by atoms with E-state index in [1.807, 2.05) is 19.0 Å². The summed E-state index contributed by atoms with van der Waals surface area (Å²) in [7, 11) is 3.78. The lowest BCUT2D eigenvalue weighted by Gasteiger charge is -2.19. The average Bonchev–Trinajstić information content (AvgIpc) is 1.85. The van der Waals surface area contributed by atoms with E-state index < -0.39 is 6.17 Å². The Bertz CT molecular complexity index is 85.7. The molecule has 0 saturated heterocycles. The third-order valence-electron chi connectivity index (χ3n) is 1.43. The van der Waals surface area contributed by atoms with Gasteiger partial charge in [-0.15, -0.1) is 0 Å². The molecule has 62 valence electrons. The van der Waals surface area contributed by atoms with Gasteiger partial charge in [0.25, 0.3) is 0 Å². The van der Waals surface area contributed by atoms with Crippen LogP contribution in [-0.4, -0.2) is 37.8 Å². The molecule has 0 radical (unpaired) electrons. The van der Waals surface area contributed by atoms with Crippen LogP contribution in [0.15, 0.2) is 0 Å². The molecular formula is C7H17FN2. The molecule has 0 spiro atoms. The summed E-state index contributed by atoms with van der Waals surface area (Å²) in [5.41, 5.74) is 5.51. The molecule has 0 aliphatic carbocycles. The molecule has 0 amide bonds.